The molecule has 2 aliphatic rings. The Hall–Kier alpha value is -6.80. The maximum Gasteiger partial charge on any atom is 0.166 e. The average Bonchev–Trinajstić information content (AvgIpc) is 4.12. The molecule has 2 aliphatic heterocycles. The van der Waals surface area contributed by atoms with Crippen molar-refractivity contribution in [1.82, 2.24) is 19.9 Å². The minimum absolute atomic E-state index is 0.409. The van der Waals surface area contributed by atoms with E-state index in [0.717, 1.165) is 118 Å². The fourth-order valence-electron chi connectivity index (χ4n) is 8.37. The summed E-state index contributed by atoms with van der Waals surface area (Å²) >= 11 is 0. The highest BCUT2D eigenvalue weighted by atomic mass is 16.1. The molecule has 0 atom stereocenters. The van der Waals surface area contributed by atoms with E-state index in [1.54, 1.807) is 0 Å². The topological polar surface area (TPSA) is 122 Å². The molecule has 0 amide bonds. The zero-order valence-corrected chi connectivity index (χ0v) is 35.2. The smallest absolute Gasteiger partial charge is 0.166 e. The van der Waals surface area contributed by atoms with Crippen molar-refractivity contribution >= 4 is 35.1 Å². The Morgan fingerprint density at radius 3 is 1.22 bits per heavy atom. The van der Waals surface area contributed by atoms with Crippen LogP contribution in [0.3, 0.4) is 0 Å². The molecule has 0 unspecified atom stereocenters. The molecule has 6 heterocycles. The second-order valence-electron chi connectivity index (χ2n) is 16.7. The lowest BCUT2D eigenvalue weighted by atomic mass is 9.86. The Balaban J connectivity index is 1.26. The van der Waals surface area contributed by atoms with Crippen LogP contribution in [-0.2, 0) is 10.8 Å². The van der Waals surface area contributed by atoms with Crippen LogP contribution < -0.4 is 0 Å². The van der Waals surface area contributed by atoms with Gasteiger partial charge in [-0.25, -0.2) is 9.98 Å². The lowest BCUT2D eigenvalue weighted by Crippen LogP contribution is -2.20. The molecule has 2 aromatic carbocycles. The van der Waals surface area contributed by atoms with Gasteiger partial charge in [0, 0.05) is 56.1 Å². The molecule has 8 nitrogen and oxygen atoms in total. The van der Waals surface area contributed by atoms with Gasteiger partial charge in [0.2, 0.25) is 0 Å². The highest BCUT2D eigenvalue weighted by Crippen LogP contribution is 2.41. The Bertz CT molecular complexity index is 2560. The van der Waals surface area contributed by atoms with Crippen LogP contribution in [0.15, 0.2) is 154 Å². The third-order valence-electron chi connectivity index (χ3n) is 11.9. The lowest BCUT2D eigenvalue weighted by molar-refractivity contribution is 0.111. The third kappa shape index (κ3) is 7.50. The molecular weight excluding hydrogens is 741 g/mol. The van der Waals surface area contributed by atoms with Crippen molar-refractivity contribution in [3.63, 3.8) is 0 Å². The minimum atomic E-state index is -0.409. The number of aldehydes is 2. The quantitative estimate of drug-likeness (QED) is 0.0774. The normalized spacial score (nSPS) is 16.0. The van der Waals surface area contributed by atoms with Gasteiger partial charge in [-0.15, -0.1) is 0 Å². The van der Waals surface area contributed by atoms with E-state index in [-0.39, 0.29) is 0 Å². The largest absolute Gasteiger partial charge is 0.358 e. The number of aromatic nitrogens is 4. The van der Waals surface area contributed by atoms with E-state index in [1.165, 1.54) is 11.1 Å². The molecule has 0 saturated carbocycles. The van der Waals surface area contributed by atoms with E-state index < -0.39 is 10.8 Å². The summed E-state index contributed by atoms with van der Waals surface area (Å²) in [5, 5.41) is 0. The van der Waals surface area contributed by atoms with E-state index in [2.05, 4.69) is 146 Å². The number of hydrogen-bond donors (Lipinski definition) is 4. The fourth-order valence-corrected chi connectivity index (χ4v) is 8.37. The van der Waals surface area contributed by atoms with Gasteiger partial charge in [-0.1, -0.05) is 87.4 Å². The Morgan fingerprint density at radius 2 is 0.867 bits per heavy atom. The van der Waals surface area contributed by atoms with Gasteiger partial charge in [0.05, 0.1) is 34.2 Å². The predicted molar refractivity (Wildman–Crippen MR) is 244 cm³/mol. The Kier molecular flexibility index (Phi) is 11.0. The number of nitrogens with zero attached hydrogens (tertiary/aromatic N) is 2. The monoisotopic (exact) mass is 792 g/mol. The summed E-state index contributed by atoms with van der Waals surface area (Å²) in [5.74, 6) is 0. The van der Waals surface area contributed by atoms with E-state index in [1.807, 2.05) is 36.4 Å². The first-order valence-electron chi connectivity index (χ1n) is 20.9. The number of H-pyrrole nitrogens is 4. The van der Waals surface area contributed by atoms with Crippen molar-refractivity contribution in [2.75, 3.05) is 0 Å². The molecule has 4 aromatic heterocycles. The van der Waals surface area contributed by atoms with Crippen molar-refractivity contribution in [3.8, 4) is 0 Å². The molecule has 0 fully saturated rings. The first-order chi connectivity index (χ1) is 29.0. The van der Waals surface area contributed by atoms with Crippen LogP contribution in [0.4, 0.5) is 0 Å². The Morgan fingerprint density at radius 1 is 0.500 bits per heavy atom. The maximum absolute atomic E-state index is 11.5. The van der Waals surface area contributed by atoms with Crippen molar-refractivity contribution in [1.29, 1.82) is 0 Å². The summed E-state index contributed by atoms with van der Waals surface area (Å²) in [6.45, 7) is 13.0. The number of hydrogen-bond acceptors (Lipinski definition) is 4. The number of nitrogens with one attached hydrogen (secondary N) is 4. The summed E-state index contributed by atoms with van der Waals surface area (Å²) in [7, 11) is 0. The molecular formula is C52H52N6O2. The molecule has 8 rings (SSSR count). The molecule has 4 N–H and O–H groups in total. The van der Waals surface area contributed by atoms with Gasteiger partial charge in [-0.2, -0.15) is 0 Å². The maximum atomic E-state index is 11.5. The van der Waals surface area contributed by atoms with Gasteiger partial charge in [-0.05, 0) is 123 Å². The number of aromatic amines is 4. The number of benzene rings is 2. The SMILES string of the molecule is CCCC1=CC(C2=N/C(=C(\c3ccccc3)c3ccc(C(C)(C)c4ccc(C=O)[nH]4)[nH]3)C(CCC)=C2)=N/C1=C(/c1ccccc1)c1ccc(C(C)(C)c2ccc(C=O)[nH]2)[nH]1. The van der Waals surface area contributed by atoms with Gasteiger partial charge in [0.15, 0.2) is 12.6 Å². The van der Waals surface area contributed by atoms with E-state index in [0.29, 0.717) is 11.4 Å². The van der Waals surface area contributed by atoms with Crippen LogP contribution in [0.1, 0.15) is 133 Å². The van der Waals surface area contributed by atoms with Gasteiger partial charge >= 0.3 is 0 Å². The van der Waals surface area contributed by atoms with Crippen LogP contribution in [0.5, 0.6) is 0 Å². The average molecular weight is 793 g/mol. The summed E-state index contributed by atoms with van der Waals surface area (Å²) in [4.78, 5) is 48.1. The number of aliphatic imine (C=N–C) groups is 2. The van der Waals surface area contributed by atoms with Crippen LogP contribution in [0, 0.1) is 0 Å². The van der Waals surface area contributed by atoms with Crippen molar-refractivity contribution < 1.29 is 9.59 Å². The molecule has 0 saturated heterocycles. The van der Waals surface area contributed by atoms with Gasteiger partial charge < -0.3 is 19.9 Å². The molecule has 8 heteroatoms. The predicted octanol–water partition coefficient (Wildman–Crippen LogP) is 11.9. The number of allylic oxidation sites excluding steroid dienone is 4. The number of carbonyl (C=O) groups is 2. The highest BCUT2D eigenvalue weighted by Gasteiger charge is 2.31. The molecule has 6 aromatic rings. The van der Waals surface area contributed by atoms with E-state index in [9.17, 15) is 9.59 Å². The first-order valence-corrected chi connectivity index (χ1v) is 20.9. The van der Waals surface area contributed by atoms with Crippen molar-refractivity contribution in [2.45, 2.75) is 78.1 Å². The fraction of sp³-hybridized carbons (Fsp3) is 0.231. The molecule has 302 valence electrons. The molecule has 60 heavy (non-hydrogen) atoms. The van der Waals surface area contributed by atoms with Gasteiger partial charge in [-0.3, -0.25) is 9.59 Å². The third-order valence-corrected chi connectivity index (χ3v) is 11.9. The Labute approximate surface area is 352 Å². The highest BCUT2D eigenvalue weighted by molar-refractivity contribution is 6.52. The zero-order chi connectivity index (χ0) is 42.0. The lowest BCUT2D eigenvalue weighted by Gasteiger charge is -2.22. The number of carbonyl (C=O) groups excluding carboxylic acids is 2. The van der Waals surface area contributed by atoms with E-state index >= 15 is 0 Å². The zero-order valence-electron chi connectivity index (χ0n) is 35.2. The standard InChI is InChI=1S/C52H52N6O2/c1-7-15-35-29-41(57-49(35)47(33-17-11-9-12-18-33)39-23-27-45(55-39)51(3,4)43-25-21-37(31-59)53-43)42-30-36(16-8-2)50(58-42)48(34-19-13-10-14-20-34)40-24-28-46(56-40)52(5,6)44-26-22-38(32-60)54-44/h9-14,17-32,53-56H,7-8,15-16H2,1-6H3/b49-47-,50-48+. The summed E-state index contributed by atoms with van der Waals surface area (Å²) in [6.07, 6.45) is 9.82. The second-order valence-corrected chi connectivity index (χ2v) is 16.7. The van der Waals surface area contributed by atoms with Crippen molar-refractivity contribution in [3.05, 3.63) is 201 Å². The molecule has 0 radical (unpaired) electrons. The van der Waals surface area contributed by atoms with Crippen LogP contribution in [-0.4, -0.2) is 43.9 Å². The molecule has 0 spiro atoms. The number of rotatable bonds is 15. The van der Waals surface area contributed by atoms with Gasteiger partial charge in [0.25, 0.3) is 0 Å². The van der Waals surface area contributed by atoms with Crippen LogP contribution >= 0.6 is 0 Å². The van der Waals surface area contributed by atoms with Crippen molar-refractivity contribution in [2.24, 2.45) is 9.98 Å². The molecule has 0 bridgehead atoms. The summed E-state index contributed by atoms with van der Waals surface area (Å²) < 4.78 is 0. The van der Waals surface area contributed by atoms with Crippen LogP contribution in [0.2, 0.25) is 0 Å². The van der Waals surface area contributed by atoms with Crippen LogP contribution in [0.25, 0.3) is 11.1 Å². The molecule has 0 aliphatic carbocycles. The summed E-state index contributed by atoms with van der Waals surface area (Å²) in [6, 6.07) is 37.1. The summed E-state index contributed by atoms with van der Waals surface area (Å²) in [5.41, 5.74) is 16.4. The van der Waals surface area contributed by atoms with Gasteiger partial charge in [0.1, 0.15) is 0 Å². The first kappa shape index (κ1) is 40.0. The minimum Gasteiger partial charge on any atom is -0.358 e. The van der Waals surface area contributed by atoms with E-state index in [4.69, 9.17) is 9.98 Å². The second kappa shape index (κ2) is 16.5.